The molecule has 11 heteroatoms. The molecule has 0 saturated heterocycles. The summed E-state index contributed by atoms with van der Waals surface area (Å²) in [6.45, 7) is 2.74. The van der Waals surface area contributed by atoms with E-state index in [4.69, 9.17) is 37.7 Å². The number of carbonyl (C=O) groups is 1. The highest BCUT2D eigenvalue weighted by Gasteiger charge is 2.41. The molecular weight excluding hydrogens is 653 g/mol. The molecule has 36 heavy (non-hydrogen) atoms. The number of allylic oxidation sites excluding steroid dienone is 1. The number of halogens is 4. The number of ether oxygens (including phenoxy) is 2. The lowest BCUT2D eigenvalue weighted by Crippen LogP contribution is -2.34. The third-order valence-electron chi connectivity index (χ3n) is 5.52. The lowest BCUT2D eigenvalue weighted by molar-refractivity contribution is -0.140. The van der Waals surface area contributed by atoms with E-state index in [0.29, 0.717) is 33.6 Å². The summed E-state index contributed by atoms with van der Waals surface area (Å²) in [7, 11) is 5.48. The smallest absolute Gasteiger partial charge is 0.338 e. The van der Waals surface area contributed by atoms with E-state index in [1.54, 1.807) is 19.2 Å². The molecule has 0 fully saturated rings. The molecule has 194 valence electrons. The summed E-state index contributed by atoms with van der Waals surface area (Å²) in [5.74, 6) is 0.267. The Hall–Kier alpha value is -1.49. The molecule has 0 amide bonds. The van der Waals surface area contributed by atoms with Gasteiger partial charge in [0.2, 0.25) is 0 Å². The van der Waals surface area contributed by atoms with E-state index in [1.165, 1.54) is 11.8 Å². The SMILES string of the molecule is Br.Br.COc1ccccc1C1C(C(=O)OCCN(C)C)=C(C)N=C2SC(c3c(Cl)cccc3Cl)=CN21. The fraction of sp³-hybridized carbons (Fsp3) is 0.280. The van der Waals surface area contributed by atoms with Crippen molar-refractivity contribution < 1.29 is 14.3 Å². The Bertz CT molecular complexity index is 1200. The van der Waals surface area contributed by atoms with Crippen molar-refractivity contribution in [2.45, 2.75) is 13.0 Å². The monoisotopic (exact) mass is 677 g/mol. The predicted octanol–water partition coefficient (Wildman–Crippen LogP) is 6.99. The van der Waals surface area contributed by atoms with Crippen LogP contribution in [0.4, 0.5) is 0 Å². The molecular formula is C25H27Br2Cl2N3O3S. The average molecular weight is 680 g/mol. The molecule has 0 aliphatic carbocycles. The quantitative estimate of drug-likeness (QED) is 0.294. The van der Waals surface area contributed by atoms with Gasteiger partial charge in [0.15, 0.2) is 5.17 Å². The van der Waals surface area contributed by atoms with E-state index in [0.717, 1.165) is 21.2 Å². The third-order valence-corrected chi connectivity index (χ3v) is 7.16. The summed E-state index contributed by atoms with van der Waals surface area (Å²) in [4.78, 5) is 22.8. The molecule has 2 aromatic carbocycles. The summed E-state index contributed by atoms with van der Waals surface area (Å²) in [5.41, 5.74) is 2.64. The van der Waals surface area contributed by atoms with Gasteiger partial charge in [-0.05, 0) is 51.0 Å². The maximum absolute atomic E-state index is 13.3. The van der Waals surface area contributed by atoms with E-state index < -0.39 is 12.0 Å². The maximum Gasteiger partial charge on any atom is 0.338 e. The molecule has 1 unspecified atom stereocenters. The van der Waals surface area contributed by atoms with Crippen LogP contribution in [0, 0.1) is 0 Å². The first-order chi connectivity index (χ1) is 16.3. The standard InChI is InChI=1S/C25H25Cl2N3O3S.2BrH/c1-15-21(24(31)33-13-12-29(2)3)23(16-8-5-6-11-19(16)32-4)30-14-20(34-25(30)28-15)22-17(26)9-7-10-18(22)27;;/h5-11,14,23H,12-13H2,1-4H3;2*1H. The van der Waals surface area contributed by atoms with E-state index in [-0.39, 0.29) is 40.6 Å². The zero-order valence-corrected chi connectivity index (χ0v) is 25.9. The molecule has 2 aromatic rings. The van der Waals surface area contributed by atoms with Crippen LogP contribution in [0.15, 0.2) is 64.9 Å². The number of hydrogen-bond donors (Lipinski definition) is 0. The Kier molecular flexibility index (Phi) is 11.4. The molecule has 0 radical (unpaired) electrons. The number of aliphatic imine (C=N–C) groups is 1. The molecule has 4 rings (SSSR count). The zero-order chi connectivity index (χ0) is 24.4. The Balaban J connectivity index is 0.00000228. The van der Waals surface area contributed by atoms with Gasteiger partial charge in [0.05, 0.1) is 34.5 Å². The van der Waals surface area contributed by atoms with E-state index in [1.807, 2.05) is 67.4 Å². The molecule has 0 spiro atoms. The number of hydrogen-bond acceptors (Lipinski definition) is 7. The molecule has 0 saturated carbocycles. The second kappa shape index (κ2) is 13.3. The Labute approximate surface area is 246 Å². The minimum atomic E-state index is -0.484. The third kappa shape index (κ3) is 6.31. The lowest BCUT2D eigenvalue weighted by Gasteiger charge is -2.34. The average Bonchev–Trinajstić information content (AvgIpc) is 3.20. The number of nitrogens with zero attached hydrogens (tertiary/aromatic N) is 3. The molecule has 2 aliphatic rings. The minimum absolute atomic E-state index is 0. The number of methoxy groups -OCH3 is 1. The topological polar surface area (TPSA) is 54.4 Å². The number of esters is 1. The van der Waals surface area contributed by atoms with Gasteiger partial charge in [-0.15, -0.1) is 34.0 Å². The van der Waals surface area contributed by atoms with Crippen LogP contribution in [0.25, 0.3) is 4.91 Å². The summed E-state index contributed by atoms with van der Waals surface area (Å²) in [5, 5.41) is 1.83. The van der Waals surface area contributed by atoms with Crippen molar-refractivity contribution in [2.24, 2.45) is 4.99 Å². The van der Waals surface area contributed by atoms with Gasteiger partial charge < -0.3 is 19.3 Å². The van der Waals surface area contributed by atoms with Crippen LogP contribution in [-0.4, -0.2) is 55.3 Å². The fourth-order valence-corrected chi connectivity index (χ4v) is 5.71. The van der Waals surface area contributed by atoms with E-state index >= 15 is 0 Å². The number of thioether (sulfide) groups is 1. The van der Waals surface area contributed by atoms with Crippen LogP contribution in [-0.2, 0) is 9.53 Å². The number of amidine groups is 1. The molecule has 0 bridgehead atoms. The van der Waals surface area contributed by atoms with E-state index in [9.17, 15) is 4.79 Å². The van der Waals surface area contributed by atoms with Crippen molar-refractivity contribution in [1.82, 2.24) is 9.80 Å². The van der Waals surface area contributed by atoms with Crippen molar-refractivity contribution in [3.8, 4) is 5.75 Å². The molecule has 2 heterocycles. The van der Waals surface area contributed by atoms with Crippen LogP contribution in [0.1, 0.15) is 24.1 Å². The summed E-state index contributed by atoms with van der Waals surface area (Å²) in [6.07, 6.45) is 1.94. The largest absolute Gasteiger partial charge is 0.496 e. The van der Waals surface area contributed by atoms with Crippen molar-refractivity contribution in [3.05, 3.63) is 81.1 Å². The van der Waals surface area contributed by atoms with Gasteiger partial charge in [-0.2, -0.15) is 0 Å². The predicted molar refractivity (Wildman–Crippen MR) is 160 cm³/mol. The Morgan fingerprint density at radius 3 is 2.42 bits per heavy atom. The number of para-hydroxylation sites is 1. The maximum atomic E-state index is 13.3. The first-order valence-corrected chi connectivity index (χ1v) is 12.3. The van der Waals surface area contributed by atoms with Crippen molar-refractivity contribution >= 4 is 85.0 Å². The number of rotatable bonds is 7. The number of likely N-dealkylation sites (N-methyl/N-ethyl adjacent to an activating group) is 1. The normalized spacial score (nSPS) is 16.5. The summed E-state index contributed by atoms with van der Waals surface area (Å²) >= 11 is 14.4. The lowest BCUT2D eigenvalue weighted by atomic mass is 9.94. The highest BCUT2D eigenvalue weighted by molar-refractivity contribution is 8.93. The number of carbonyl (C=O) groups excluding carboxylic acids is 1. The molecule has 0 aromatic heterocycles. The minimum Gasteiger partial charge on any atom is -0.496 e. The van der Waals surface area contributed by atoms with Crippen molar-refractivity contribution in [3.63, 3.8) is 0 Å². The second-order valence-electron chi connectivity index (χ2n) is 8.08. The van der Waals surface area contributed by atoms with Gasteiger partial charge in [-0.25, -0.2) is 9.79 Å². The fourth-order valence-electron chi connectivity index (χ4n) is 3.87. The highest BCUT2D eigenvalue weighted by Crippen LogP contribution is 2.50. The number of fused-ring (bicyclic) bond motifs is 1. The summed E-state index contributed by atoms with van der Waals surface area (Å²) in [6, 6.07) is 12.6. The highest BCUT2D eigenvalue weighted by atomic mass is 79.9. The molecule has 0 N–H and O–H groups in total. The first kappa shape index (κ1) is 30.7. The Morgan fingerprint density at radius 1 is 1.11 bits per heavy atom. The Morgan fingerprint density at radius 2 is 1.78 bits per heavy atom. The number of benzene rings is 2. The van der Waals surface area contributed by atoms with Crippen molar-refractivity contribution in [1.29, 1.82) is 0 Å². The van der Waals surface area contributed by atoms with Gasteiger partial charge >= 0.3 is 5.97 Å². The van der Waals surface area contributed by atoms with Gasteiger partial charge in [0, 0.05) is 28.8 Å². The van der Waals surface area contributed by atoms with E-state index in [2.05, 4.69) is 0 Å². The molecule has 2 aliphatic heterocycles. The van der Waals surface area contributed by atoms with Gasteiger partial charge in [0.1, 0.15) is 12.4 Å². The van der Waals surface area contributed by atoms with Crippen LogP contribution in [0.3, 0.4) is 0 Å². The van der Waals surface area contributed by atoms with Gasteiger partial charge in [-0.1, -0.05) is 47.5 Å². The molecule has 6 nitrogen and oxygen atoms in total. The zero-order valence-electron chi connectivity index (χ0n) is 20.2. The first-order valence-electron chi connectivity index (χ1n) is 10.7. The van der Waals surface area contributed by atoms with Crippen molar-refractivity contribution in [2.75, 3.05) is 34.4 Å². The summed E-state index contributed by atoms with van der Waals surface area (Å²) < 4.78 is 11.3. The van der Waals surface area contributed by atoms with Gasteiger partial charge in [-0.3, -0.25) is 0 Å². The second-order valence-corrected chi connectivity index (χ2v) is 9.90. The molecule has 1 atom stereocenters. The van der Waals surface area contributed by atoms with Crippen LogP contribution in [0.5, 0.6) is 5.75 Å². The van der Waals surface area contributed by atoms with Crippen LogP contribution in [0.2, 0.25) is 10.0 Å². The van der Waals surface area contributed by atoms with Gasteiger partial charge in [0.25, 0.3) is 0 Å². The van der Waals surface area contributed by atoms with Crippen LogP contribution >= 0.6 is 68.9 Å². The van der Waals surface area contributed by atoms with Crippen LogP contribution < -0.4 is 4.74 Å².